The Bertz CT molecular complexity index is 225. The Morgan fingerprint density at radius 1 is 1.54 bits per heavy atom. The number of nitriles is 1. The second-order valence-corrected chi connectivity index (χ2v) is 3.98. The van der Waals surface area contributed by atoms with Gasteiger partial charge in [-0.25, -0.2) is 0 Å². The van der Waals surface area contributed by atoms with E-state index in [1.807, 2.05) is 6.07 Å². The van der Waals surface area contributed by atoms with E-state index in [2.05, 4.69) is 0 Å². The number of hydrogen-bond acceptors (Lipinski definition) is 4. The normalized spacial score (nSPS) is 15.7. The Morgan fingerprint density at radius 3 is 2.31 bits per heavy atom. The lowest BCUT2D eigenvalue weighted by Gasteiger charge is -2.22. The van der Waals surface area contributed by atoms with Gasteiger partial charge < -0.3 is 10.5 Å². The number of nitrogens with zero attached hydrogens (tertiary/aromatic N) is 1. The standard InChI is InChI=1S/C9H16N2O2/c1-6(7(11)5-10)8(12)13-9(2,3)4/h6-7H,11H2,1-4H3. The first-order valence-electron chi connectivity index (χ1n) is 4.16. The Morgan fingerprint density at radius 2 is 2.00 bits per heavy atom. The molecule has 0 radical (unpaired) electrons. The third kappa shape index (κ3) is 4.48. The summed E-state index contributed by atoms with van der Waals surface area (Å²) in [6, 6.07) is 1.01. The fraction of sp³-hybridized carbons (Fsp3) is 0.778. The Labute approximate surface area is 78.7 Å². The number of hydrogen-bond donors (Lipinski definition) is 1. The van der Waals surface area contributed by atoms with Crippen LogP contribution in [-0.4, -0.2) is 17.6 Å². The first kappa shape index (κ1) is 11.9. The SMILES string of the molecule is CC(C(=O)OC(C)(C)C)C(N)C#N. The van der Waals surface area contributed by atoms with Crippen molar-refractivity contribution in [3.05, 3.63) is 0 Å². The number of esters is 1. The molecule has 2 atom stereocenters. The van der Waals surface area contributed by atoms with Gasteiger partial charge in [-0.3, -0.25) is 4.79 Å². The van der Waals surface area contributed by atoms with Crippen LogP contribution in [0.25, 0.3) is 0 Å². The predicted molar refractivity (Wildman–Crippen MR) is 48.6 cm³/mol. The zero-order valence-electron chi connectivity index (χ0n) is 8.50. The maximum Gasteiger partial charge on any atom is 0.311 e. The number of nitrogens with two attached hydrogens (primary N) is 1. The molecule has 0 rings (SSSR count). The molecule has 0 bridgehead atoms. The maximum absolute atomic E-state index is 11.3. The van der Waals surface area contributed by atoms with E-state index in [1.165, 1.54) is 0 Å². The lowest BCUT2D eigenvalue weighted by Crippen LogP contribution is -2.36. The second-order valence-electron chi connectivity index (χ2n) is 3.98. The van der Waals surface area contributed by atoms with E-state index in [9.17, 15) is 4.79 Å². The van der Waals surface area contributed by atoms with Crippen molar-refractivity contribution in [2.45, 2.75) is 39.3 Å². The molecule has 0 aromatic rings. The summed E-state index contributed by atoms with van der Waals surface area (Å²) in [5.74, 6) is -1.01. The van der Waals surface area contributed by atoms with E-state index in [4.69, 9.17) is 15.7 Å². The molecular weight excluding hydrogens is 168 g/mol. The minimum absolute atomic E-state index is 0.429. The van der Waals surface area contributed by atoms with Gasteiger partial charge in [0.1, 0.15) is 11.6 Å². The number of rotatable bonds is 2. The van der Waals surface area contributed by atoms with Gasteiger partial charge in [0, 0.05) is 0 Å². The summed E-state index contributed by atoms with van der Waals surface area (Å²) < 4.78 is 5.05. The number of carbonyl (C=O) groups excluding carboxylic acids is 1. The zero-order chi connectivity index (χ0) is 10.6. The van der Waals surface area contributed by atoms with Crippen LogP contribution >= 0.6 is 0 Å². The fourth-order valence-corrected chi connectivity index (χ4v) is 0.653. The molecule has 0 spiro atoms. The van der Waals surface area contributed by atoms with Crippen molar-refractivity contribution < 1.29 is 9.53 Å². The average Bonchev–Trinajstić information content (AvgIpc) is 1.98. The predicted octanol–water partition coefficient (Wildman–Crippen LogP) is 0.815. The highest BCUT2D eigenvalue weighted by atomic mass is 16.6. The maximum atomic E-state index is 11.3. The van der Waals surface area contributed by atoms with Crippen molar-refractivity contribution in [1.29, 1.82) is 5.26 Å². The van der Waals surface area contributed by atoms with Crippen molar-refractivity contribution in [2.24, 2.45) is 11.7 Å². The third-order valence-corrected chi connectivity index (χ3v) is 1.47. The molecule has 0 aromatic carbocycles. The van der Waals surface area contributed by atoms with E-state index in [0.29, 0.717) is 0 Å². The Kier molecular flexibility index (Phi) is 3.89. The quantitative estimate of drug-likeness (QED) is 0.644. The molecule has 2 N–H and O–H groups in total. The lowest BCUT2D eigenvalue weighted by molar-refractivity contribution is -0.159. The highest BCUT2D eigenvalue weighted by Gasteiger charge is 2.25. The molecule has 0 saturated heterocycles. The highest BCUT2D eigenvalue weighted by Crippen LogP contribution is 2.12. The molecule has 4 heteroatoms. The minimum atomic E-state index is -0.796. The molecule has 0 aliphatic carbocycles. The molecule has 0 aliphatic rings. The molecular formula is C9H16N2O2. The summed E-state index contributed by atoms with van der Waals surface area (Å²) >= 11 is 0. The first-order chi connectivity index (χ1) is 5.78. The molecule has 0 fully saturated rings. The van der Waals surface area contributed by atoms with Crippen LogP contribution in [-0.2, 0) is 9.53 Å². The summed E-state index contributed by atoms with van der Waals surface area (Å²) in [7, 11) is 0. The molecule has 0 heterocycles. The minimum Gasteiger partial charge on any atom is -0.460 e. The molecule has 0 aromatic heterocycles. The fourth-order valence-electron chi connectivity index (χ4n) is 0.653. The molecule has 0 saturated carbocycles. The summed E-state index contributed by atoms with van der Waals surface area (Å²) in [5, 5.41) is 8.47. The van der Waals surface area contributed by atoms with Gasteiger partial charge in [0.2, 0.25) is 0 Å². The van der Waals surface area contributed by atoms with Crippen LogP contribution in [0.3, 0.4) is 0 Å². The van der Waals surface area contributed by atoms with Crippen LogP contribution < -0.4 is 5.73 Å². The summed E-state index contributed by atoms with van der Waals surface area (Å²) in [6.07, 6.45) is 0. The van der Waals surface area contributed by atoms with Gasteiger partial charge in [0.25, 0.3) is 0 Å². The van der Waals surface area contributed by atoms with Crippen molar-refractivity contribution in [3.63, 3.8) is 0 Å². The number of carbonyl (C=O) groups is 1. The lowest BCUT2D eigenvalue weighted by atomic mass is 10.0. The van der Waals surface area contributed by atoms with Crippen LogP contribution in [0.2, 0.25) is 0 Å². The molecule has 2 unspecified atom stereocenters. The summed E-state index contributed by atoms with van der Waals surface area (Å²) in [4.78, 5) is 11.3. The van der Waals surface area contributed by atoms with Crippen LogP contribution in [0.5, 0.6) is 0 Å². The average molecular weight is 184 g/mol. The van der Waals surface area contributed by atoms with Gasteiger partial charge in [0.05, 0.1) is 12.0 Å². The van der Waals surface area contributed by atoms with Crippen LogP contribution in [0.15, 0.2) is 0 Å². The highest BCUT2D eigenvalue weighted by molar-refractivity contribution is 5.73. The van der Waals surface area contributed by atoms with Gasteiger partial charge in [-0.2, -0.15) is 5.26 Å². The van der Waals surface area contributed by atoms with Crippen molar-refractivity contribution in [2.75, 3.05) is 0 Å². The molecule has 13 heavy (non-hydrogen) atoms. The first-order valence-corrected chi connectivity index (χ1v) is 4.16. The molecule has 0 amide bonds. The topological polar surface area (TPSA) is 76.1 Å². The van der Waals surface area contributed by atoms with E-state index < -0.39 is 23.5 Å². The smallest absolute Gasteiger partial charge is 0.311 e. The van der Waals surface area contributed by atoms with E-state index >= 15 is 0 Å². The zero-order valence-corrected chi connectivity index (χ0v) is 8.50. The summed E-state index contributed by atoms with van der Waals surface area (Å²) in [6.45, 7) is 6.91. The Balaban J connectivity index is 4.22. The second kappa shape index (κ2) is 4.24. The number of ether oxygens (including phenoxy) is 1. The van der Waals surface area contributed by atoms with E-state index in [-0.39, 0.29) is 0 Å². The van der Waals surface area contributed by atoms with Crippen molar-refractivity contribution in [3.8, 4) is 6.07 Å². The van der Waals surface area contributed by atoms with Crippen LogP contribution in [0.4, 0.5) is 0 Å². The van der Waals surface area contributed by atoms with Crippen molar-refractivity contribution >= 4 is 5.97 Å². The van der Waals surface area contributed by atoms with Gasteiger partial charge >= 0.3 is 5.97 Å². The van der Waals surface area contributed by atoms with Crippen LogP contribution in [0, 0.1) is 17.2 Å². The monoisotopic (exact) mass is 184 g/mol. The van der Waals surface area contributed by atoms with Crippen molar-refractivity contribution in [1.82, 2.24) is 0 Å². The molecule has 0 aliphatic heterocycles. The van der Waals surface area contributed by atoms with E-state index in [0.717, 1.165) is 0 Å². The molecule has 4 nitrogen and oxygen atoms in total. The van der Waals surface area contributed by atoms with Gasteiger partial charge in [0.15, 0.2) is 0 Å². The van der Waals surface area contributed by atoms with Gasteiger partial charge in [-0.15, -0.1) is 0 Å². The Hall–Kier alpha value is -1.08. The van der Waals surface area contributed by atoms with Gasteiger partial charge in [-0.1, -0.05) is 0 Å². The van der Waals surface area contributed by atoms with Crippen LogP contribution in [0.1, 0.15) is 27.7 Å². The van der Waals surface area contributed by atoms with Gasteiger partial charge in [-0.05, 0) is 27.7 Å². The van der Waals surface area contributed by atoms with E-state index in [1.54, 1.807) is 27.7 Å². The molecule has 74 valence electrons. The largest absolute Gasteiger partial charge is 0.460 e. The third-order valence-electron chi connectivity index (χ3n) is 1.47. The summed E-state index contributed by atoms with van der Waals surface area (Å²) in [5.41, 5.74) is 4.85.